The summed E-state index contributed by atoms with van der Waals surface area (Å²) in [5.41, 5.74) is 4.87. The number of pyridine rings is 1. The number of nitrogen functional groups attached to an aromatic ring is 1. The van der Waals surface area contributed by atoms with Crippen LogP contribution in [0.3, 0.4) is 0 Å². The standard InChI is InChI=1S/C9H8F4N2O3/c10-8(11)9(12,13)3-18-5-2-1-4(7(16)17)6(14)15-5/h1-2,8H,3H2,(H2,14,15)(H,16,17). The number of carboxylic acid groups (broad SMARTS) is 1. The monoisotopic (exact) mass is 268 g/mol. The highest BCUT2D eigenvalue weighted by atomic mass is 19.3. The van der Waals surface area contributed by atoms with Gasteiger partial charge in [-0.2, -0.15) is 13.8 Å². The van der Waals surface area contributed by atoms with E-state index in [0.29, 0.717) is 0 Å². The fourth-order valence-electron chi connectivity index (χ4n) is 0.951. The predicted molar refractivity (Wildman–Crippen MR) is 52.1 cm³/mol. The molecule has 0 aliphatic carbocycles. The normalized spacial score (nSPS) is 11.6. The molecule has 100 valence electrons. The van der Waals surface area contributed by atoms with E-state index in [9.17, 15) is 22.4 Å². The number of carboxylic acids is 1. The van der Waals surface area contributed by atoms with Crippen LogP contribution in [0.15, 0.2) is 12.1 Å². The molecule has 5 nitrogen and oxygen atoms in total. The number of hydrogen-bond acceptors (Lipinski definition) is 4. The lowest BCUT2D eigenvalue weighted by atomic mass is 10.2. The third-order valence-electron chi connectivity index (χ3n) is 1.86. The molecule has 1 aromatic rings. The van der Waals surface area contributed by atoms with Gasteiger partial charge in [0.1, 0.15) is 11.4 Å². The summed E-state index contributed by atoms with van der Waals surface area (Å²) in [6, 6.07) is 1.92. The van der Waals surface area contributed by atoms with E-state index >= 15 is 0 Å². The number of carbonyl (C=O) groups is 1. The van der Waals surface area contributed by atoms with Crippen molar-refractivity contribution in [3.05, 3.63) is 17.7 Å². The van der Waals surface area contributed by atoms with E-state index in [-0.39, 0.29) is 5.56 Å². The van der Waals surface area contributed by atoms with E-state index < -0.39 is 36.6 Å². The largest absolute Gasteiger partial charge is 0.478 e. The van der Waals surface area contributed by atoms with Crippen molar-refractivity contribution in [3.63, 3.8) is 0 Å². The number of aromatic nitrogens is 1. The molecular weight excluding hydrogens is 260 g/mol. The molecule has 0 aromatic carbocycles. The van der Waals surface area contributed by atoms with Crippen molar-refractivity contribution in [1.29, 1.82) is 0 Å². The third kappa shape index (κ3) is 3.22. The maximum Gasteiger partial charge on any atom is 0.340 e. The molecule has 1 aromatic heterocycles. The second-order valence-corrected chi connectivity index (χ2v) is 3.24. The van der Waals surface area contributed by atoms with Gasteiger partial charge in [-0.05, 0) is 6.07 Å². The van der Waals surface area contributed by atoms with Crippen LogP contribution in [-0.4, -0.2) is 35.0 Å². The number of anilines is 1. The van der Waals surface area contributed by atoms with Crippen LogP contribution in [-0.2, 0) is 0 Å². The molecule has 9 heteroatoms. The third-order valence-corrected chi connectivity index (χ3v) is 1.86. The van der Waals surface area contributed by atoms with Crippen molar-refractivity contribution in [2.45, 2.75) is 12.3 Å². The summed E-state index contributed by atoms with van der Waals surface area (Å²) in [5, 5.41) is 8.61. The number of ether oxygens (including phenoxy) is 1. The lowest BCUT2D eigenvalue weighted by Crippen LogP contribution is -2.33. The van der Waals surface area contributed by atoms with Crippen molar-refractivity contribution >= 4 is 11.8 Å². The van der Waals surface area contributed by atoms with Crippen LogP contribution < -0.4 is 10.5 Å². The highest BCUT2D eigenvalue weighted by Gasteiger charge is 2.41. The number of nitrogens with zero attached hydrogens (tertiary/aromatic N) is 1. The first kappa shape index (κ1) is 14.0. The second kappa shape index (κ2) is 5.07. The summed E-state index contributed by atoms with van der Waals surface area (Å²) >= 11 is 0. The van der Waals surface area contributed by atoms with Gasteiger partial charge in [-0.1, -0.05) is 0 Å². The molecule has 18 heavy (non-hydrogen) atoms. The Hall–Kier alpha value is -2.06. The first-order valence-electron chi connectivity index (χ1n) is 4.52. The number of nitrogens with two attached hydrogens (primary N) is 1. The van der Waals surface area contributed by atoms with Crippen molar-refractivity contribution < 1.29 is 32.2 Å². The molecule has 0 aliphatic rings. The Morgan fingerprint density at radius 3 is 2.56 bits per heavy atom. The van der Waals surface area contributed by atoms with E-state index in [0.717, 1.165) is 12.1 Å². The maximum atomic E-state index is 12.5. The average molecular weight is 268 g/mol. The minimum Gasteiger partial charge on any atom is -0.478 e. The first-order chi connectivity index (χ1) is 8.24. The minimum atomic E-state index is -4.32. The fourth-order valence-corrected chi connectivity index (χ4v) is 0.951. The van der Waals surface area contributed by atoms with Gasteiger partial charge in [-0.3, -0.25) is 0 Å². The fraction of sp³-hybridized carbons (Fsp3) is 0.333. The Kier molecular flexibility index (Phi) is 3.94. The maximum absolute atomic E-state index is 12.5. The Balaban J connectivity index is 2.76. The molecule has 0 fully saturated rings. The average Bonchev–Trinajstić information content (AvgIpc) is 2.25. The molecule has 0 bridgehead atoms. The summed E-state index contributed by atoms with van der Waals surface area (Å²) < 4.78 is 53.0. The van der Waals surface area contributed by atoms with Crippen LogP contribution in [0.25, 0.3) is 0 Å². The van der Waals surface area contributed by atoms with Crippen LogP contribution in [0, 0.1) is 0 Å². The van der Waals surface area contributed by atoms with Crippen molar-refractivity contribution in [2.24, 2.45) is 0 Å². The zero-order valence-electron chi connectivity index (χ0n) is 8.74. The van der Waals surface area contributed by atoms with Gasteiger partial charge in [0.2, 0.25) is 5.88 Å². The van der Waals surface area contributed by atoms with Crippen LogP contribution in [0.2, 0.25) is 0 Å². The van der Waals surface area contributed by atoms with E-state index in [1.54, 1.807) is 0 Å². The summed E-state index contributed by atoms with van der Waals surface area (Å²) in [6.07, 6.45) is -3.87. The zero-order chi connectivity index (χ0) is 13.9. The molecule has 0 aliphatic heterocycles. The molecule has 0 unspecified atom stereocenters. The van der Waals surface area contributed by atoms with Gasteiger partial charge in [-0.15, -0.1) is 0 Å². The van der Waals surface area contributed by atoms with E-state index in [1.807, 2.05) is 0 Å². The van der Waals surface area contributed by atoms with Gasteiger partial charge in [0.15, 0.2) is 6.61 Å². The van der Waals surface area contributed by atoms with Crippen LogP contribution in [0.1, 0.15) is 10.4 Å². The molecule has 3 N–H and O–H groups in total. The van der Waals surface area contributed by atoms with Gasteiger partial charge in [0.05, 0.1) is 0 Å². The van der Waals surface area contributed by atoms with Crippen LogP contribution >= 0.6 is 0 Å². The van der Waals surface area contributed by atoms with Crippen LogP contribution in [0.5, 0.6) is 5.88 Å². The van der Waals surface area contributed by atoms with Gasteiger partial charge >= 0.3 is 18.3 Å². The summed E-state index contributed by atoms with van der Waals surface area (Å²) in [6.45, 7) is -1.58. The Morgan fingerprint density at radius 1 is 1.50 bits per heavy atom. The summed E-state index contributed by atoms with van der Waals surface area (Å²) in [4.78, 5) is 13.9. The Labute approximate surface area is 98.2 Å². The number of halogens is 4. The van der Waals surface area contributed by atoms with E-state index in [1.165, 1.54) is 0 Å². The van der Waals surface area contributed by atoms with Gasteiger partial charge in [-0.25, -0.2) is 13.6 Å². The molecular formula is C9H8F4N2O3. The van der Waals surface area contributed by atoms with E-state index in [4.69, 9.17) is 10.8 Å². The SMILES string of the molecule is Nc1nc(OCC(F)(F)C(F)F)ccc1C(=O)O. The van der Waals surface area contributed by atoms with Gasteiger partial charge < -0.3 is 15.6 Å². The predicted octanol–water partition coefficient (Wildman–Crippen LogP) is 1.64. The molecule has 1 rings (SSSR count). The molecule has 0 spiro atoms. The number of rotatable bonds is 5. The Bertz CT molecular complexity index is 453. The Morgan fingerprint density at radius 2 is 2.11 bits per heavy atom. The molecule has 0 amide bonds. The van der Waals surface area contributed by atoms with Crippen molar-refractivity contribution in [3.8, 4) is 5.88 Å². The molecule has 1 heterocycles. The van der Waals surface area contributed by atoms with Gasteiger partial charge in [0.25, 0.3) is 0 Å². The molecule has 0 radical (unpaired) electrons. The zero-order valence-corrected chi connectivity index (χ0v) is 8.74. The molecule has 0 saturated heterocycles. The van der Waals surface area contributed by atoms with E-state index in [2.05, 4.69) is 9.72 Å². The molecule has 0 saturated carbocycles. The van der Waals surface area contributed by atoms with Gasteiger partial charge in [0, 0.05) is 6.07 Å². The number of aromatic carboxylic acids is 1. The summed E-state index contributed by atoms with van der Waals surface area (Å²) in [7, 11) is 0. The topological polar surface area (TPSA) is 85.4 Å². The minimum absolute atomic E-state index is 0.344. The number of alkyl halides is 4. The van der Waals surface area contributed by atoms with Crippen molar-refractivity contribution in [2.75, 3.05) is 12.3 Å². The smallest absolute Gasteiger partial charge is 0.340 e. The highest BCUT2D eigenvalue weighted by Crippen LogP contribution is 2.24. The highest BCUT2D eigenvalue weighted by molar-refractivity contribution is 5.92. The first-order valence-corrected chi connectivity index (χ1v) is 4.52. The molecule has 0 atom stereocenters. The van der Waals surface area contributed by atoms with Crippen LogP contribution in [0.4, 0.5) is 23.4 Å². The lowest BCUT2D eigenvalue weighted by molar-refractivity contribution is -0.148. The quantitative estimate of drug-likeness (QED) is 0.793. The lowest BCUT2D eigenvalue weighted by Gasteiger charge is -2.15. The second-order valence-electron chi connectivity index (χ2n) is 3.24. The number of hydrogen-bond donors (Lipinski definition) is 2. The summed E-state index contributed by atoms with van der Waals surface area (Å²) in [5.74, 6) is -6.59. The van der Waals surface area contributed by atoms with Crippen molar-refractivity contribution in [1.82, 2.24) is 4.98 Å².